The van der Waals surface area contributed by atoms with Crippen molar-refractivity contribution in [3.8, 4) is 5.75 Å². The lowest BCUT2D eigenvalue weighted by Gasteiger charge is -2.30. The quantitative estimate of drug-likeness (QED) is 0.254. The maximum absolute atomic E-state index is 14.6. The summed E-state index contributed by atoms with van der Waals surface area (Å²) in [7, 11) is 1.58. The summed E-state index contributed by atoms with van der Waals surface area (Å²) in [5.74, 6) is -1.83. The first-order valence-electron chi connectivity index (χ1n) is 13.3. The molecule has 8 nitrogen and oxygen atoms in total. The second kappa shape index (κ2) is 14.2. The number of carbonyl (C=O) groups excluding carboxylic acids is 3. The minimum Gasteiger partial charge on any atom is -0.491 e. The van der Waals surface area contributed by atoms with E-state index in [9.17, 15) is 18.8 Å². The first kappa shape index (κ1) is 30.3. The first-order valence-corrected chi connectivity index (χ1v) is 13.3. The third kappa shape index (κ3) is 7.04. The zero-order valence-corrected chi connectivity index (χ0v) is 23.4. The number of carbonyl (C=O) groups is 3. The third-order valence-corrected chi connectivity index (χ3v) is 6.47. The Bertz CT molecular complexity index is 1300. The summed E-state index contributed by atoms with van der Waals surface area (Å²) in [5, 5.41) is 5.27. The molecule has 0 aromatic heterocycles. The molecule has 1 fully saturated rings. The van der Waals surface area contributed by atoms with Crippen molar-refractivity contribution in [2.45, 2.75) is 45.7 Å². The van der Waals surface area contributed by atoms with Crippen LogP contribution in [0.1, 0.15) is 49.4 Å². The number of anilines is 1. The van der Waals surface area contributed by atoms with E-state index in [-0.39, 0.29) is 5.69 Å². The van der Waals surface area contributed by atoms with Crippen molar-refractivity contribution in [1.29, 1.82) is 0 Å². The molecular weight excluding hydrogens is 513 g/mol. The van der Waals surface area contributed by atoms with Crippen LogP contribution < -0.4 is 15.4 Å². The molecule has 0 spiro atoms. The van der Waals surface area contributed by atoms with Gasteiger partial charge >= 0.3 is 6.03 Å². The normalized spacial score (nSPS) is 15.9. The van der Waals surface area contributed by atoms with Crippen molar-refractivity contribution >= 4 is 23.5 Å². The second-order valence-corrected chi connectivity index (χ2v) is 9.12. The number of halogens is 1. The Morgan fingerprint density at radius 1 is 1.02 bits per heavy atom. The van der Waals surface area contributed by atoms with E-state index < -0.39 is 41.7 Å². The molecule has 0 radical (unpaired) electrons. The summed E-state index contributed by atoms with van der Waals surface area (Å²) in [4.78, 5) is 41.3. The van der Waals surface area contributed by atoms with Crippen molar-refractivity contribution in [3.05, 3.63) is 95.3 Å². The van der Waals surface area contributed by atoms with Crippen LogP contribution in [0.15, 0.2) is 72.8 Å². The topological polar surface area (TPSA) is 97.0 Å². The Kier molecular flexibility index (Phi) is 10.8. The zero-order valence-electron chi connectivity index (χ0n) is 23.4. The number of methoxy groups -OCH3 is 1. The van der Waals surface area contributed by atoms with Gasteiger partial charge in [-0.15, -0.1) is 0 Å². The highest BCUT2D eigenvalue weighted by atomic mass is 19.1. The predicted octanol–water partition coefficient (Wildman–Crippen LogP) is 5.59. The summed E-state index contributed by atoms with van der Waals surface area (Å²) in [5.41, 5.74) is 1.96. The largest absolute Gasteiger partial charge is 0.491 e. The molecule has 3 aromatic rings. The number of urea groups is 1. The van der Waals surface area contributed by atoms with Gasteiger partial charge in [0.2, 0.25) is 5.91 Å². The minimum absolute atomic E-state index is 0.0291. The lowest BCUT2D eigenvalue weighted by atomic mass is 9.91. The van der Waals surface area contributed by atoms with E-state index in [0.717, 1.165) is 10.5 Å². The van der Waals surface area contributed by atoms with E-state index >= 15 is 0 Å². The second-order valence-electron chi connectivity index (χ2n) is 9.12. The Balaban J connectivity index is 0.00000216. The smallest absolute Gasteiger partial charge is 0.325 e. The summed E-state index contributed by atoms with van der Waals surface area (Å²) < 4.78 is 25.1. The summed E-state index contributed by atoms with van der Waals surface area (Å²) >= 11 is 0. The van der Waals surface area contributed by atoms with E-state index in [1.165, 1.54) is 12.1 Å². The number of nitrogens with one attached hydrogen (secondary N) is 2. The van der Waals surface area contributed by atoms with Gasteiger partial charge in [-0.25, -0.2) is 14.1 Å². The SMILES string of the molecule is CC.COCCOc1ccc([C@H]2NC(=O)N(C(C(=O)Nc3ccc(C)cc3F)C(C)c3ccccc3)C2=O)cc1. The van der Waals surface area contributed by atoms with Crippen molar-refractivity contribution in [3.63, 3.8) is 0 Å². The van der Waals surface area contributed by atoms with Crippen LogP contribution in [0.25, 0.3) is 0 Å². The molecule has 1 heterocycles. The summed E-state index contributed by atoms with van der Waals surface area (Å²) in [6.45, 7) is 8.30. The van der Waals surface area contributed by atoms with E-state index in [0.29, 0.717) is 30.1 Å². The van der Waals surface area contributed by atoms with Crippen LogP contribution in [-0.4, -0.2) is 49.1 Å². The summed E-state index contributed by atoms with van der Waals surface area (Å²) in [6.07, 6.45) is 0. The van der Waals surface area contributed by atoms with Crippen molar-refractivity contribution in [2.75, 3.05) is 25.6 Å². The average molecular weight is 550 g/mol. The predicted molar refractivity (Wildman–Crippen MR) is 152 cm³/mol. The molecule has 1 aliphatic heterocycles. The van der Waals surface area contributed by atoms with Crippen molar-refractivity contribution in [1.82, 2.24) is 10.2 Å². The van der Waals surface area contributed by atoms with Gasteiger partial charge in [0.15, 0.2) is 0 Å². The average Bonchev–Trinajstić information content (AvgIpc) is 3.26. The van der Waals surface area contributed by atoms with Crippen LogP contribution in [0.2, 0.25) is 0 Å². The molecule has 40 heavy (non-hydrogen) atoms. The number of benzene rings is 3. The number of nitrogens with zero attached hydrogens (tertiary/aromatic N) is 1. The number of hydrogen-bond donors (Lipinski definition) is 2. The molecule has 9 heteroatoms. The van der Waals surface area contributed by atoms with E-state index in [1.807, 2.05) is 44.2 Å². The van der Waals surface area contributed by atoms with Gasteiger partial charge in [0.1, 0.15) is 30.3 Å². The number of ether oxygens (including phenoxy) is 2. The standard InChI is InChI=1S/C29H30FN3O5.C2H6/c1-18-9-14-24(23(30)17-18)31-27(34)26(19(2)20-7-5-4-6-8-20)33-28(35)25(32-29(33)36)21-10-12-22(13-11-21)38-16-15-37-3;1-2/h4-14,17,19,25-26H,15-16H2,1-3H3,(H,31,34)(H,32,36);1-2H3/t19?,25-,26?;/m1./s1. The molecule has 0 saturated carbocycles. The Morgan fingerprint density at radius 2 is 1.70 bits per heavy atom. The third-order valence-electron chi connectivity index (χ3n) is 6.47. The molecule has 3 aromatic carbocycles. The zero-order chi connectivity index (χ0) is 29.2. The van der Waals surface area contributed by atoms with E-state index in [2.05, 4.69) is 10.6 Å². The highest BCUT2D eigenvalue weighted by molar-refractivity contribution is 6.10. The van der Waals surface area contributed by atoms with E-state index in [1.54, 1.807) is 51.3 Å². The molecule has 0 aliphatic carbocycles. The van der Waals surface area contributed by atoms with Gasteiger partial charge in [-0.3, -0.25) is 9.59 Å². The molecule has 212 valence electrons. The fourth-order valence-electron chi connectivity index (χ4n) is 4.42. The molecule has 1 aliphatic rings. The number of amides is 4. The molecule has 0 bridgehead atoms. The van der Waals surface area contributed by atoms with Crippen molar-refractivity contribution < 1.29 is 28.2 Å². The van der Waals surface area contributed by atoms with Gasteiger partial charge in [0.05, 0.1) is 12.3 Å². The number of hydrogen-bond acceptors (Lipinski definition) is 5. The Labute approximate surface area is 234 Å². The number of aryl methyl sites for hydroxylation is 1. The number of imide groups is 1. The first-order chi connectivity index (χ1) is 19.3. The Morgan fingerprint density at radius 3 is 2.33 bits per heavy atom. The van der Waals surface area contributed by atoms with Gasteiger partial charge in [-0.1, -0.05) is 69.3 Å². The van der Waals surface area contributed by atoms with Crippen LogP contribution in [0, 0.1) is 12.7 Å². The van der Waals surface area contributed by atoms with Gasteiger partial charge in [-0.05, 0) is 47.9 Å². The molecule has 2 N–H and O–H groups in total. The highest BCUT2D eigenvalue weighted by Gasteiger charge is 2.47. The maximum atomic E-state index is 14.6. The van der Waals surface area contributed by atoms with Crippen LogP contribution in [0.3, 0.4) is 0 Å². The summed E-state index contributed by atoms with van der Waals surface area (Å²) in [6, 6.07) is 17.4. The van der Waals surface area contributed by atoms with Gasteiger partial charge in [-0.2, -0.15) is 0 Å². The van der Waals surface area contributed by atoms with Crippen LogP contribution >= 0.6 is 0 Å². The molecule has 1 saturated heterocycles. The minimum atomic E-state index is -1.23. The highest BCUT2D eigenvalue weighted by Crippen LogP contribution is 2.32. The molecule has 3 atom stereocenters. The fraction of sp³-hybridized carbons (Fsp3) is 0.323. The lowest BCUT2D eigenvalue weighted by Crippen LogP contribution is -2.50. The van der Waals surface area contributed by atoms with Gasteiger partial charge < -0.3 is 20.1 Å². The Hall–Kier alpha value is -4.24. The van der Waals surface area contributed by atoms with Gasteiger partial charge in [0, 0.05) is 13.0 Å². The molecule has 2 unspecified atom stereocenters. The van der Waals surface area contributed by atoms with Crippen molar-refractivity contribution in [2.24, 2.45) is 0 Å². The monoisotopic (exact) mass is 549 g/mol. The van der Waals surface area contributed by atoms with Crippen LogP contribution in [-0.2, 0) is 14.3 Å². The molecular formula is C31H36FN3O5. The molecule has 4 rings (SSSR count). The lowest BCUT2D eigenvalue weighted by molar-refractivity contribution is -0.134. The fourth-order valence-corrected chi connectivity index (χ4v) is 4.42. The van der Waals surface area contributed by atoms with Crippen LogP contribution in [0.5, 0.6) is 5.75 Å². The van der Waals surface area contributed by atoms with E-state index in [4.69, 9.17) is 9.47 Å². The molecule has 4 amide bonds. The maximum Gasteiger partial charge on any atom is 0.325 e. The van der Waals surface area contributed by atoms with Gasteiger partial charge in [0.25, 0.3) is 5.91 Å². The van der Waals surface area contributed by atoms with Crippen LogP contribution in [0.4, 0.5) is 14.9 Å². The number of rotatable bonds is 10.